The fraction of sp³-hybridized carbons (Fsp3) is 0.500. The van der Waals surface area contributed by atoms with E-state index in [1.165, 1.54) is 31.5 Å². The van der Waals surface area contributed by atoms with Gasteiger partial charge in [-0.25, -0.2) is 4.79 Å². The number of piperidine rings is 1. The minimum atomic E-state index is -0.0806. The third kappa shape index (κ3) is 6.58. The Morgan fingerprint density at radius 1 is 1.00 bits per heavy atom. The molecule has 2 aromatic rings. The number of hydrogen-bond donors (Lipinski definition) is 1. The maximum atomic E-state index is 12.6. The lowest BCUT2D eigenvalue weighted by Crippen LogP contribution is -2.52. The summed E-state index contributed by atoms with van der Waals surface area (Å²) in [5, 5.41) is 3.85. The van der Waals surface area contributed by atoms with Crippen molar-refractivity contribution in [3.05, 3.63) is 58.3 Å². The minimum absolute atomic E-state index is 0.0806. The fourth-order valence-corrected chi connectivity index (χ4v) is 4.91. The molecule has 2 fully saturated rings. The van der Waals surface area contributed by atoms with E-state index in [-0.39, 0.29) is 6.03 Å². The minimum Gasteiger partial charge on any atom is -0.322 e. The zero-order valence-corrected chi connectivity index (χ0v) is 19.9. The summed E-state index contributed by atoms with van der Waals surface area (Å²) in [6.07, 6.45) is 7.40. The Morgan fingerprint density at radius 2 is 1.78 bits per heavy atom. The number of anilines is 1. The first-order valence-electron chi connectivity index (χ1n) is 11.4. The van der Waals surface area contributed by atoms with E-state index >= 15 is 0 Å². The number of carbonyl (C=O) groups excluding carboxylic acids is 1. The van der Waals surface area contributed by atoms with Crippen LogP contribution in [-0.4, -0.2) is 78.1 Å². The van der Waals surface area contributed by atoms with Crippen LogP contribution in [0, 0.1) is 5.92 Å². The Kier molecular flexibility index (Phi) is 8.25. The van der Waals surface area contributed by atoms with Crippen LogP contribution in [0.5, 0.6) is 0 Å². The van der Waals surface area contributed by atoms with Crippen molar-refractivity contribution < 1.29 is 4.79 Å². The molecular weight excluding hydrogens is 445 g/mol. The molecule has 0 spiro atoms. The third-order valence-corrected chi connectivity index (χ3v) is 7.15. The monoisotopic (exact) mass is 475 g/mol. The van der Waals surface area contributed by atoms with Crippen molar-refractivity contribution in [2.75, 3.05) is 57.7 Å². The van der Waals surface area contributed by atoms with Gasteiger partial charge in [0, 0.05) is 63.9 Å². The second-order valence-corrected chi connectivity index (χ2v) is 9.58. The van der Waals surface area contributed by atoms with E-state index in [0.717, 1.165) is 45.7 Å². The summed E-state index contributed by atoms with van der Waals surface area (Å²) in [4.78, 5) is 23.7. The van der Waals surface area contributed by atoms with Crippen LogP contribution in [0.3, 0.4) is 0 Å². The van der Waals surface area contributed by atoms with Crippen molar-refractivity contribution in [1.29, 1.82) is 0 Å². The van der Waals surface area contributed by atoms with Crippen molar-refractivity contribution in [1.82, 2.24) is 19.7 Å². The number of halogens is 2. The second kappa shape index (κ2) is 11.3. The number of amides is 2. The van der Waals surface area contributed by atoms with E-state index in [9.17, 15) is 4.79 Å². The predicted octanol–water partition coefficient (Wildman–Crippen LogP) is 4.49. The van der Waals surface area contributed by atoms with Gasteiger partial charge in [-0.05, 0) is 67.6 Å². The van der Waals surface area contributed by atoms with Crippen LogP contribution in [0.25, 0.3) is 0 Å². The van der Waals surface area contributed by atoms with Gasteiger partial charge < -0.3 is 15.1 Å². The number of rotatable bonds is 6. The SMILES string of the molecule is O=C(Nc1ccc(Cl)c(Cl)c1)N1CCN(C[C@@H]2CCCN(CCc3ccncc3)C2)CC1. The summed E-state index contributed by atoms with van der Waals surface area (Å²) in [6, 6.07) is 9.29. The highest BCUT2D eigenvalue weighted by Gasteiger charge is 2.26. The van der Waals surface area contributed by atoms with Gasteiger partial charge in [0.15, 0.2) is 0 Å². The second-order valence-electron chi connectivity index (χ2n) is 8.76. The standard InChI is InChI=1S/C24H31Cl2N5O/c25-22-4-3-21(16-23(22)26)28-24(32)31-14-12-30(13-15-31)18-20-2-1-10-29(17-20)11-7-19-5-8-27-9-6-19/h3-6,8-9,16,20H,1-2,7,10-15,17-18H2,(H,28,32)/t20-/m1/s1. The number of benzene rings is 1. The molecule has 2 aliphatic heterocycles. The summed E-state index contributed by atoms with van der Waals surface area (Å²) in [5.74, 6) is 0.706. The first-order valence-corrected chi connectivity index (χ1v) is 12.2. The van der Waals surface area contributed by atoms with E-state index in [4.69, 9.17) is 23.2 Å². The number of hydrogen-bond acceptors (Lipinski definition) is 4. The molecule has 2 saturated heterocycles. The molecular formula is C24H31Cl2N5O. The van der Waals surface area contributed by atoms with Crippen LogP contribution < -0.4 is 5.32 Å². The first-order chi connectivity index (χ1) is 15.6. The van der Waals surface area contributed by atoms with Gasteiger partial charge >= 0.3 is 6.03 Å². The van der Waals surface area contributed by atoms with Crippen LogP contribution in [0.1, 0.15) is 18.4 Å². The Labute approximate surface area is 200 Å². The van der Waals surface area contributed by atoms with Crippen molar-refractivity contribution in [2.24, 2.45) is 5.92 Å². The molecule has 4 rings (SSSR count). The number of piperazine rings is 1. The third-order valence-electron chi connectivity index (χ3n) is 6.42. The van der Waals surface area contributed by atoms with Crippen LogP contribution in [0.4, 0.5) is 10.5 Å². The Bertz CT molecular complexity index is 889. The van der Waals surface area contributed by atoms with E-state index < -0.39 is 0 Å². The van der Waals surface area contributed by atoms with Gasteiger partial charge in [-0.2, -0.15) is 0 Å². The summed E-state index contributed by atoms with van der Waals surface area (Å²) in [6.45, 7) is 7.92. The quantitative estimate of drug-likeness (QED) is 0.668. The first kappa shape index (κ1) is 23.3. The molecule has 0 aliphatic carbocycles. The number of urea groups is 1. The van der Waals surface area contributed by atoms with E-state index in [2.05, 4.69) is 32.2 Å². The Balaban J connectivity index is 1.18. The van der Waals surface area contributed by atoms with Gasteiger partial charge in [0.25, 0.3) is 0 Å². The molecule has 8 heteroatoms. The molecule has 32 heavy (non-hydrogen) atoms. The predicted molar refractivity (Wildman–Crippen MR) is 131 cm³/mol. The molecule has 1 aromatic heterocycles. The summed E-state index contributed by atoms with van der Waals surface area (Å²) in [7, 11) is 0. The van der Waals surface area contributed by atoms with E-state index in [0.29, 0.717) is 21.7 Å². The lowest BCUT2D eigenvalue weighted by Gasteiger charge is -2.39. The van der Waals surface area contributed by atoms with E-state index in [1.54, 1.807) is 18.2 Å². The largest absolute Gasteiger partial charge is 0.322 e. The smallest absolute Gasteiger partial charge is 0.321 e. The van der Waals surface area contributed by atoms with Crippen molar-refractivity contribution in [2.45, 2.75) is 19.3 Å². The maximum absolute atomic E-state index is 12.6. The van der Waals surface area contributed by atoms with Crippen molar-refractivity contribution in [3.63, 3.8) is 0 Å². The van der Waals surface area contributed by atoms with Gasteiger partial charge in [0.2, 0.25) is 0 Å². The highest BCUT2D eigenvalue weighted by molar-refractivity contribution is 6.42. The zero-order chi connectivity index (χ0) is 22.3. The van der Waals surface area contributed by atoms with E-state index in [1.807, 2.05) is 17.3 Å². The summed E-state index contributed by atoms with van der Waals surface area (Å²) in [5.41, 5.74) is 2.03. The molecule has 1 N–H and O–H groups in total. The number of aromatic nitrogens is 1. The lowest BCUT2D eigenvalue weighted by atomic mass is 9.96. The maximum Gasteiger partial charge on any atom is 0.321 e. The average molecular weight is 476 g/mol. The average Bonchev–Trinajstić information content (AvgIpc) is 2.81. The summed E-state index contributed by atoms with van der Waals surface area (Å²) >= 11 is 12.0. The van der Waals surface area contributed by atoms with Gasteiger partial charge in [-0.1, -0.05) is 23.2 Å². The topological polar surface area (TPSA) is 51.7 Å². The number of carbonyl (C=O) groups is 1. The summed E-state index contributed by atoms with van der Waals surface area (Å²) < 4.78 is 0. The van der Waals surface area contributed by atoms with Crippen LogP contribution >= 0.6 is 23.2 Å². The van der Waals surface area contributed by atoms with Gasteiger partial charge in [0.05, 0.1) is 10.0 Å². The number of nitrogens with one attached hydrogen (secondary N) is 1. The molecule has 172 valence electrons. The molecule has 2 aliphatic rings. The normalized spacial score (nSPS) is 20.3. The van der Waals surface area contributed by atoms with Crippen molar-refractivity contribution >= 4 is 34.9 Å². The lowest BCUT2D eigenvalue weighted by molar-refractivity contribution is 0.101. The van der Waals surface area contributed by atoms with Gasteiger partial charge in [-0.3, -0.25) is 9.88 Å². The molecule has 0 bridgehead atoms. The molecule has 0 saturated carbocycles. The molecule has 2 amide bonds. The molecule has 0 radical (unpaired) electrons. The number of likely N-dealkylation sites (tertiary alicyclic amines) is 1. The molecule has 1 atom stereocenters. The Hall–Kier alpha value is -1.86. The molecule has 1 aromatic carbocycles. The van der Waals surface area contributed by atoms with Crippen LogP contribution in [0.2, 0.25) is 10.0 Å². The highest BCUT2D eigenvalue weighted by Crippen LogP contribution is 2.25. The molecule has 6 nitrogen and oxygen atoms in total. The van der Waals surface area contributed by atoms with Crippen LogP contribution in [-0.2, 0) is 6.42 Å². The number of pyridine rings is 1. The molecule has 3 heterocycles. The number of nitrogens with zero attached hydrogens (tertiary/aromatic N) is 4. The molecule has 0 unspecified atom stereocenters. The zero-order valence-electron chi connectivity index (χ0n) is 18.4. The van der Waals surface area contributed by atoms with Crippen LogP contribution in [0.15, 0.2) is 42.7 Å². The fourth-order valence-electron chi connectivity index (χ4n) is 4.62. The van der Waals surface area contributed by atoms with Gasteiger partial charge in [0.1, 0.15) is 0 Å². The van der Waals surface area contributed by atoms with Crippen molar-refractivity contribution in [3.8, 4) is 0 Å². The highest BCUT2D eigenvalue weighted by atomic mass is 35.5. The Morgan fingerprint density at radius 3 is 2.53 bits per heavy atom. The van der Waals surface area contributed by atoms with Gasteiger partial charge in [-0.15, -0.1) is 0 Å².